The Morgan fingerprint density at radius 1 is 1.22 bits per heavy atom. The van der Waals surface area contributed by atoms with Crippen LogP contribution >= 0.6 is 15.9 Å². The van der Waals surface area contributed by atoms with Crippen LogP contribution in [0.4, 0.5) is 4.79 Å². The number of fused-ring (bicyclic) bond motifs is 1. The SMILES string of the molecule is CC(=O)O[C@H]1[C@@H]2OC(=O)N(C(C)=O)[C@H]2[C@@H](Br)O[C@@H]1COCc1ccccc1. The van der Waals surface area contributed by atoms with E-state index < -0.39 is 47.3 Å². The first-order chi connectivity index (χ1) is 12.9. The summed E-state index contributed by atoms with van der Waals surface area (Å²) in [5.74, 6) is -1.01. The molecule has 1 aromatic rings. The van der Waals surface area contributed by atoms with Gasteiger partial charge in [0.05, 0.1) is 13.2 Å². The molecule has 2 heterocycles. The summed E-state index contributed by atoms with van der Waals surface area (Å²) >= 11 is 3.36. The fraction of sp³-hybridized carbons (Fsp3) is 0.500. The summed E-state index contributed by atoms with van der Waals surface area (Å²) in [6, 6.07) is 8.85. The topological polar surface area (TPSA) is 91.4 Å². The second-order valence-electron chi connectivity index (χ2n) is 6.33. The Labute approximate surface area is 164 Å². The van der Waals surface area contributed by atoms with Crippen molar-refractivity contribution in [2.75, 3.05) is 6.61 Å². The zero-order valence-corrected chi connectivity index (χ0v) is 16.5. The molecule has 0 radical (unpaired) electrons. The standard InChI is InChI=1S/C18H20BrNO7/c1-10(21)20-14-16(27-18(20)23)15(25-11(2)22)13(26-17(14)19)9-24-8-12-6-4-3-5-7-12/h3-7,13-17H,8-9H2,1-2H3/t13-,14-,15-,16-,17+/m1/s1. The lowest BCUT2D eigenvalue weighted by Gasteiger charge is -2.40. The van der Waals surface area contributed by atoms with E-state index in [-0.39, 0.29) is 6.61 Å². The smallest absolute Gasteiger partial charge is 0.417 e. The number of carbonyl (C=O) groups excluding carboxylic acids is 3. The molecule has 0 N–H and O–H groups in total. The van der Waals surface area contributed by atoms with Crippen LogP contribution < -0.4 is 0 Å². The average molecular weight is 442 g/mol. The molecular formula is C18H20BrNO7. The van der Waals surface area contributed by atoms with Crippen LogP contribution in [-0.4, -0.2) is 58.8 Å². The summed E-state index contributed by atoms with van der Waals surface area (Å²) in [6.07, 6.45) is -3.17. The number of hydrogen-bond donors (Lipinski definition) is 0. The van der Waals surface area contributed by atoms with E-state index in [0.717, 1.165) is 10.5 Å². The van der Waals surface area contributed by atoms with E-state index in [4.69, 9.17) is 18.9 Å². The maximum absolute atomic E-state index is 12.1. The summed E-state index contributed by atoms with van der Waals surface area (Å²) in [6.45, 7) is 3.00. The lowest BCUT2D eigenvalue weighted by Crippen LogP contribution is -2.60. The summed E-state index contributed by atoms with van der Waals surface area (Å²) in [5, 5.41) is -0.671. The first kappa shape index (κ1) is 19.8. The van der Waals surface area contributed by atoms with Gasteiger partial charge in [0.2, 0.25) is 5.91 Å². The number of esters is 1. The Morgan fingerprint density at radius 2 is 1.93 bits per heavy atom. The number of benzene rings is 1. The predicted molar refractivity (Wildman–Crippen MR) is 95.8 cm³/mol. The van der Waals surface area contributed by atoms with E-state index in [1.54, 1.807) is 0 Å². The van der Waals surface area contributed by atoms with Gasteiger partial charge in [-0.1, -0.05) is 46.3 Å². The van der Waals surface area contributed by atoms with Crippen molar-refractivity contribution in [1.29, 1.82) is 0 Å². The fourth-order valence-electron chi connectivity index (χ4n) is 3.25. The molecule has 0 aliphatic carbocycles. The monoisotopic (exact) mass is 441 g/mol. The number of amides is 2. The molecule has 2 aliphatic heterocycles. The van der Waals surface area contributed by atoms with E-state index >= 15 is 0 Å². The van der Waals surface area contributed by atoms with Gasteiger partial charge in [-0.3, -0.25) is 9.59 Å². The molecule has 2 saturated heterocycles. The van der Waals surface area contributed by atoms with E-state index in [9.17, 15) is 14.4 Å². The van der Waals surface area contributed by atoms with Crippen LogP contribution in [0.25, 0.3) is 0 Å². The van der Waals surface area contributed by atoms with Gasteiger partial charge in [-0.05, 0) is 5.56 Å². The maximum Gasteiger partial charge on any atom is 0.417 e. The fourth-order valence-corrected chi connectivity index (χ4v) is 4.06. The molecule has 146 valence electrons. The van der Waals surface area contributed by atoms with Gasteiger partial charge in [0.25, 0.3) is 0 Å². The Bertz CT molecular complexity index is 713. The van der Waals surface area contributed by atoms with Crippen molar-refractivity contribution in [1.82, 2.24) is 4.90 Å². The zero-order chi connectivity index (χ0) is 19.6. The summed E-state index contributed by atoms with van der Waals surface area (Å²) in [5.41, 5.74) is 0.987. The highest BCUT2D eigenvalue weighted by molar-refractivity contribution is 9.09. The van der Waals surface area contributed by atoms with Crippen LogP contribution in [-0.2, 0) is 35.1 Å². The Morgan fingerprint density at radius 3 is 2.56 bits per heavy atom. The largest absolute Gasteiger partial charge is 0.456 e. The van der Waals surface area contributed by atoms with E-state index in [1.165, 1.54) is 13.8 Å². The van der Waals surface area contributed by atoms with E-state index in [1.807, 2.05) is 30.3 Å². The van der Waals surface area contributed by atoms with Crippen LogP contribution in [0.3, 0.4) is 0 Å². The van der Waals surface area contributed by atoms with Crippen LogP contribution in [0.1, 0.15) is 19.4 Å². The van der Waals surface area contributed by atoms with Crippen molar-refractivity contribution in [3.63, 3.8) is 0 Å². The third kappa shape index (κ3) is 4.31. The van der Waals surface area contributed by atoms with Crippen molar-refractivity contribution in [3.05, 3.63) is 35.9 Å². The normalized spacial score (nSPS) is 29.8. The molecule has 8 nitrogen and oxygen atoms in total. The Kier molecular flexibility index (Phi) is 6.13. The third-order valence-electron chi connectivity index (χ3n) is 4.37. The number of nitrogens with zero attached hydrogens (tertiary/aromatic N) is 1. The molecule has 0 saturated carbocycles. The van der Waals surface area contributed by atoms with Crippen LogP contribution in [0.5, 0.6) is 0 Å². The molecule has 0 unspecified atom stereocenters. The molecule has 2 aliphatic rings. The summed E-state index contributed by atoms with van der Waals surface area (Å²) < 4.78 is 22.3. The first-order valence-corrected chi connectivity index (χ1v) is 9.39. The number of rotatable bonds is 5. The number of halogens is 1. The van der Waals surface area contributed by atoms with Gasteiger partial charge in [0.15, 0.2) is 12.2 Å². The zero-order valence-electron chi connectivity index (χ0n) is 14.9. The lowest BCUT2D eigenvalue weighted by atomic mass is 9.97. The van der Waals surface area contributed by atoms with Crippen LogP contribution in [0, 0.1) is 0 Å². The minimum Gasteiger partial charge on any atom is -0.456 e. The average Bonchev–Trinajstić information content (AvgIpc) is 2.97. The Balaban J connectivity index is 1.73. The number of imide groups is 1. The Hall–Kier alpha value is -1.97. The quantitative estimate of drug-likeness (QED) is 0.509. The van der Waals surface area contributed by atoms with Gasteiger partial charge in [0.1, 0.15) is 17.2 Å². The van der Waals surface area contributed by atoms with Gasteiger partial charge in [0, 0.05) is 13.8 Å². The first-order valence-electron chi connectivity index (χ1n) is 8.47. The van der Waals surface area contributed by atoms with Gasteiger partial charge >= 0.3 is 12.1 Å². The number of carbonyl (C=O) groups is 3. The minimum absolute atomic E-state index is 0.121. The molecule has 0 aromatic heterocycles. The number of alkyl halides is 1. The summed E-state index contributed by atoms with van der Waals surface area (Å²) in [4.78, 5) is 36.5. The van der Waals surface area contributed by atoms with Gasteiger partial charge in [-0.25, -0.2) is 9.69 Å². The molecule has 3 rings (SSSR count). The summed E-state index contributed by atoms with van der Waals surface area (Å²) in [7, 11) is 0. The molecule has 0 bridgehead atoms. The van der Waals surface area contributed by atoms with Crippen molar-refractivity contribution in [2.24, 2.45) is 0 Å². The second-order valence-corrected chi connectivity index (χ2v) is 7.23. The molecule has 27 heavy (non-hydrogen) atoms. The molecule has 2 amide bonds. The number of ether oxygens (including phenoxy) is 4. The van der Waals surface area contributed by atoms with E-state index in [2.05, 4.69) is 15.9 Å². The third-order valence-corrected chi connectivity index (χ3v) is 5.12. The molecule has 2 fully saturated rings. The number of hydrogen-bond acceptors (Lipinski definition) is 7. The van der Waals surface area contributed by atoms with Crippen molar-refractivity contribution in [3.8, 4) is 0 Å². The van der Waals surface area contributed by atoms with Crippen molar-refractivity contribution in [2.45, 2.75) is 49.8 Å². The van der Waals surface area contributed by atoms with Gasteiger partial charge in [-0.15, -0.1) is 0 Å². The predicted octanol–water partition coefficient (Wildman–Crippen LogP) is 1.99. The van der Waals surface area contributed by atoms with Gasteiger partial charge < -0.3 is 18.9 Å². The van der Waals surface area contributed by atoms with Crippen molar-refractivity contribution < 1.29 is 33.3 Å². The lowest BCUT2D eigenvalue weighted by molar-refractivity contribution is -0.194. The second kappa shape index (κ2) is 8.37. The van der Waals surface area contributed by atoms with Gasteiger partial charge in [-0.2, -0.15) is 0 Å². The molecule has 9 heteroatoms. The van der Waals surface area contributed by atoms with E-state index in [0.29, 0.717) is 6.61 Å². The molecular weight excluding hydrogens is 422 g/mol. The highest BCUT2D eigenvalue weighted by Gasteiger charge is 2.58. The van der Waals surface area contributed by atoms with Crippen LogP contribution in [0.15, 0.2) is 30.3 Å². The van der Waals surface area contributed by atoms with Crippen LogP contribution in [0.2, 0.25) is 0 Å². The highest BCUT2D eigenvalue weighted by Crippen LogP contribution is 2.37. The maximum atomic E-state index is 12.1. The molecule has 0 spiro atoms. The minimum atomic E-state index is -0.884. The molecule has 1 aromatic carbocycles. The highest BCUT2D eigenvalue weighted by atomic mass is 79.9. The molecule has 5 atom stereocenters. The van der Waals surface area contributed by atoms with Crippen molar-refractivity contribution >= 4 is 33.9 Å².